The second kappa shape index (κ2) is 7.92. The highest BCUT2D eigenvalue weighted by molar-refractivity contribution is 7.17. The monoisotopic (exact) mass is 406 g/mol. The van der Waals surface area contributed by atoms with Gasteiger partial charge in [0.05, 0.1) is 0 Å². The van der Waals surface area contributed by atoms with Crippen LogP contribution in [0.4, 0.5) is 0 Å². The van der Waals surface area contributed by atoms with Crippen LogP contribution in [0.3, 0.4) is 0 Å². The number of rotatable bonds is 7. The predicted octanol–water partition coefficient (Wildman–Crippen LogP) is 5.60. The Morgan fingerprint density at radius 1 is 1.14 bits per heavy atom. The van der Waals surface area contributed by atoms with Crippen LogP contribution in [0.15, 0.2) is 41.8 Å². The van der Waals surface area contributed by atoms with Crippen molar-refractivity contribution >= 4 is 27.3 Å². The number of hydrogen-bond donors (Lipinski definition) is 1. The minimum atomic E-state index is -0.257. The summed E-state index contributed by atoms with van der Waals surface area (Å²) >= 11 is 1.82. The lowest BCUT2D eigenvalue weighted by molar-refractivity contribution is 0.0766. The van der Waals surface area contributed by atoms with Crippen LogP contribution in [0, 0.1) is 13.8 Å². The fourth-order valence-corrected chi connectivity index (χ4v) is 5.26. The molecule has 0 saturated carbocycles. The zero-order valence-electron chi connectivity index (χ0n) is 17.6. The molecule has 3 nitrogen and oxygen atoms in total. The first kappa shape index (κ1) is 20.1. The van der Waals surface area contributed by atoms with Gasteiger partial charge in [-0.15, -0.1) is 11.3 Å². The number of amides is 1. The van der Waals surface area contributed by atoms with Crippen LogP contribution in [-0.2, 0) is 13.0 Å². The van der Waals surface area contributed by atoms with Crippen molar-refractivity contribution in [1.82, 2.24) is 4.90 Å². The minimum absolute atomic E-state index is 0.156. The zero-order valence-corrected chi connectivity index (χ0v) is 18.4. The van der Waals surface area contributed by atoms with E-state index in [2.05, 4.69) is 56.5 Å². The highest BCUT2D eigenvalue weighted by Gasteiger charge is 2.29. The molecule has 1 atom stereocenters. The Kier molecular flexibility index (Phi) is 5.50. The van der Waals surface area contributed by atoms with Crippen molar-refractivity contribution in [3.05, 3.63) is 69.6 Å². The molecular formula is C25H30N2OS. The van der Waals surface area contributed by atoms with Gasteiger partial charge in [0.1, 0.15) is 0 Å². The van der Waals surface area contributed by atoms with Crippen molar-refractivity contribution in [1.29, 1.82) is 0 Å². The summed E-state index contributed by atoms with van der Waals surface area (Å²) in [4.78, 5) is 14.7. The summed E-state index contributed by atoms with van der Waals surface area (Å²) in [5.41, 5.74) is 12.2. The molecule has 152 valence electrons. The van der Waals surface area contributed by atoms with E-state index < -0.39 is 0 Å². The summed E-state index contributed by atoms with van der Waals surface area (Å²) in [6, 6.07) is 12.8. The summed E-state index contributed by atoms with van der Waals surface area (Å²) in [5, 5.41) is 3.66. The Morgan fingerprint density at radius 3 is 2.72 bits per heavy atom. The largest absolute Gasteiger partial charge is 0.334 e. The Hall–Kier alpha value is -2.17. The summed E-state index contributed by atoms with van der Waals surface area (Å²) < 4.78 is 1.36. The molecule has 1 aliphatic rings. The highest BCUT2D eigenvalue weighted by Crippen LogP contribution is 2.29. The van der Waals surface area contributed by atoms with E-state index in [0.29, 0.717) is 6.54 Å². The van der Waals surface area contributed by atoms with Crippen LogP contribution < -0.4 is 5.73 Å². The first-order valence-electron chi connectivity index (χ1n) is 10.5. The normalized spacial score (nSPS) is 15.7. The molecule has 0 radical (unpaired) electrons. The second-order valence-corrected chi connectivity index (χ2v) is 9.75. The van der Waals surface area contributed by atoms with E-state index in [-0.39, 0.29) is 11.4 Å². The van der Waals surface area contributed by atoms with Gasteiger partial charge in [0.2, 0.25) is 0 Å². The molecule has 0 bridgehead atoms. The topological polar surface area (TPSA) is 46.3 Å². The number of nitrogens with zero attached hydrogens (tertiary/aromatic N) is 1. The zero-order chi connectivity index (χ0) is 20.6. The standard InChI is InChI=1S/C25H30N2OS/c1-17-13-20-15-27(24(28)22(20)14-18(17)2)12-11-25(3,26)10-6-7-19-16-29-23-9-5-4-8-21(19)23/h4-5,8-9,13-14,16H,6-7,10-12,15,26H2,1-3H3. The molecule has 29 heavy (non-hydrogen) atoms. The third-order valence-electron chi connectivity index (χ3n) is 6.31. The Morgan fingerprint density at radius 2 is 1.90 bits per heavy atom. The maximum absolute atomic E-state index is 12.8. The van der Waals surface area contributed by atoms with Gasteiger partial charge in [-0.25, -0.2) is 0 Å². The third kappa shape index (κ3) is 4.24. The lowest BCUT2D eigenvalue weighted by Gasteiger charge is -2.27. The number of fused-ring (bicyclic) bond motifs is 2. The molecule has 4 heteroatoms. The van der Waals surface area contributed by atoms with E-state index in [1.807, 2.05) is 22.3 Å². The lowest BCUT2D eigenvalue weighted by Crippen LogP contribution is -2.40. The molecule has 0 spiro atoms. The molecule has 0 fully saturated rings. The molecule has 1 amide bonds. The van der Waals surface area contributed by atoms with Gasteiger partial charge in [-0.2, -0.15) is 0 Å². The average Bonchev–Trinajstić information content (AvgIpc) is 3.23. The molecule has 2 heterocycles. The van der Waals surface area contributed by atoms with E-state index in [4.69, 9.17) is 5.73 Å². The van der Waals surface area contributed by atoms with Gasteiger partial charge in [-0.3, -0.25) is 4.79 Å². The number of carbonyl (C=O) groups is 1. The van der Waals surface area contributed by atoms with Gasteiger partial charge < -0.3 is 10.6 Å². The maximum Gasteiger partial charge on any atom is 0.254 e. The number of carbonyl (C=O) groups excluding carboxylic acids is 1. The summed E-state index contributed by atoms with van der Waals surface area (Å²) in [6.45, 7) is 7.74. The fourth-order valence-electron chi connectivity index (χ4n) is 4.26. The predicted molar refractivity (Wildman–Crippen MR) is 123 cm³/mol. The Labute approximate surface area is 177 Å². The molecule has 0 aliphatic carbocycles. The van der Waals surface area contributed by atoms with Crippen LogP contribution in [0.1, 0.15) is 58.8 Å². The minimum Gasteiger partial charge on any atom is -0.334 e. The van der Waals surface area contributed by atoms with Crippen molar-refractivity contribution in [2.75, 3.05) is 6.54 Å². The molecule has 1 unspecified atom stereocenters. The SMILES string of the molecule is Cc1cc2c(cc1C)C(=O)N(CCC(C)(N)CCCc1csc3ccccc13)C2. The van der Waals surface area contributed by atoms with Crippen molar-refractivity contribution < 1.29 is 4.79 Å². The molecular weight excluding hydrogens is 376 g/mol. The van der Waals surface area contributed by atoms with Gasteiger partial charge >= 0.3 is 0 Å². The van der Waals surface area contributed by atoms with E-state index >= 15 is 0 Å². The van der Waals surface area contributed by atoms with Gasteiger partial charge in [-0.1, -0.05) is 24.3 Å². The van der Waals surface area contributed by atoms with Crippen molar-refractivity contribution in [2.45, 2.75) is 58.5 Å². The lowest BCUT2D eigenvalue weighted by atomic mass is 9.91. The van der Waals surface area contributed by atoms with Crippen LogP contribution in [0.2, 0.25) is 0 Å². The average molecular weight is 407 g/mol. The first-order valence-corrected chi connectivity index (χ1v) is 11.4. The molecule has 0 saturated heterocycles. The molecule has 3 aromatic rings. The van der Waals surface area contributed by atoms with Crippen molar-refractivity contribution in [3.63, 3.8) is 0 Å². The highest BCUT2D eigenvalue weighted by atomic mass is 32.1. The summed E-state index contributed by atoms with van der Waals surface area (Å²) in [6.07, 6.45) is 3.92. The number of hydrogen-bond acceptors (Lipinski definition) is 3. The third-order valence-corrected chi connectivity index (χ3v) is 7.32. The van der Waals surface area contributed by atoms with Gasteiger partial charge in [-0.05, 0) is 91.6 Å². The van der Waals surface area contributed by atoms with Crippen LogP contribution in [-0.4, -0.2) is 22.9 Å². The van der Waals surface area contributed by atoms with Crippen LogP contribution >= 0.6 is 11.3 Å². The van der Waals surface area contributed by atoms with Crippen molar-refractivity contribution in [2.24, 2.45) is 5.73 Å². The van der Waals surface area contributed by atoms with Crippen LogP contribution in [0.25, 0.3) is 10.1 Å². The molecule has 4 rings (SSSR count). The summed E-state index contributed by atoms with van der Waals surface area (Å²) in [7, 11) is 0. The van der Waals surface area contributed by atoms with E-state index in [0.717, 1.165) is 43.4 Å². The number of thiophene rings is 1. The van der Waals surface area contributed by atoms with Gasteiger partial charge in [0.15, 0.2) is 0 Å². The number of nitrogens with two attached hydrogens (primary N) is 1. The van der Waals surface area contributed by atoms with Crippen LogP contribution in [0.5, 0.6) is 0 Å². The van der Waals surface area contributed by atoms with E-state index in [1.54, 1.807) is 0 Å². The second-order valence-electron chi connectivity index (χ2n) is 8.84. The number of benzene rings is 2. The quantitative estimate of drug-likeness (QED) is 0.555. The Bertz CT molecular complexity index is 1050. The molecule has 2 aromatic carbocycles. The van der Waals surface area contributed by atoms with Gasteiger partial charge in [0.25, 0.3) is 5.91 Å². The summed E-state index contributed by atoms with van der Waals surface area (Å²) in [5.74, 6) is 0.156. The maximum atomic E-state index is 12.8. The van der Waals surface area contributed by atoms with Crippen molar-refractivity contribution in [3.8, 4) is 0 Å². The fraction of sp³-hybridized carbons (Fsp3) is 0.400. The van der Waals surface area contributed by atoms with E-state index in [9.17, 15) is 4.79 Å². The Balaban J connectivity index is 1.31. The smallest absolute Gasteiger partial charge is 0.254 e. The molecule has 1 aromatic heterocycles. The first-order chi connectivity index (χ1) is 13.8. The molecule has 2 N–H and O–H groups in total. The number of aryl methyl sites for hydroxylation is 3. The van der Waals surface area contributed by atoms with E-state index in [1.165, 1.54) is 26.8 Å². The molecule has 1 aliphatic heterocycles. The van der Waals surface area contributed by atoms with Gasteiger partial charge in [0, 0.05) is 28.9 Å².